The van der Waals surface area contributed by atoms with Gasteiger partial charge in [-0.1, -0.05) is 19.8 Å². The van der Waals surface area contributed by atoms with Gasteiger partial charge in [-0.05, 0) is 38.4 Å². The van der Waals surface area contributed by atoms with Crippen molar-refractivity contribution >= 4 is 0 Å². The molecule has 1 N–H and O–H groups in total. The maximum atomic E-state index is 5.30. The molecule has 0 amide bonds. The van der Waals surface area contributed by atoms with Crippen LogP contribution in [0.15, 0.2) is 22.8 Å². The van der Waals surface area contributed by atoms with Gasteiger partial charge < -0.3 is 9.73 Å². The fraction of sp³-hybridized carbons (Fsp3) is 0.692. The first-order valence-electron chi connectivity index (χ1n) is 6.08. The van der Waals surface area contributed by atoms with Crippen LogP contribution in [0.5, 0.6) is 0 Å². The van der Waals surface area contributed by atoms with Crippen LogP contribution >= 0.6 is 0 Å². The number of hydrogen-bond acceptors (Lipinski definition) is 2. The molecule has 0 bridgehead atoms. The smallest absolute Gasteiger partial charge is 0.103 e. The summed E-state index contributed by atoms with van der Waals surface area (Å²) in [5, 5.41) is 3.54. The summed E-state index contributed by atoms with van der Waals surface area (Å²) in [6.45, 7) is 5.63. The zero-order valence-electron chi connectivity index (χ0n) is 9.96. The first kappa shape index (κ1) is 12.3. The Kier molecular flexibility index (Phi) is 6.17. The molecule has 2 nitrogen and oxygen atoms in total. The first-order chi connectivity index (χ1) is 7.33. The molecular formula is C13H23NO. The Morgan fingerprint density at radius 1 is 1.40 bits per heavy atom. The van der Waals surface area contributed by atoms with E-state index in [2.05, 4.69) is 19.2 Å². The predicted octanol–water partition coefficient (Wildman–Crippen LogP) is 3.38. The molecule has 15 heavy (non-hydrogen) atoms. The highest BCUT2D eigenvalue weighted by atomic mass is 16.3. The van der Waals surface area contributed by atoms with Crippen molar-refractivity contribution in [3.63, 3.8) is 0 Å². The van der Waals surface area contributed by atoms with E-state index >= 15 is 0 Å². The summed E-state index contributed by atoms with van der Waals surface area (Å²) in [6.07, 6.45) is 7.85. The van der Waals surface area contributed by atoms with Crippen molar-refractivity contribution in [2.75, 3.05) is 6.54 Å². The minimum atomic E-state index is 0.590. The zero-order valence-corrected chi connectivity index (χ0v) is 9.96. The Bertz CT molecular complexity index is 231. The Morgan fingerprint density at radius 2 is 2.27 bits per heavy atom. The summed E-state index contributed by atoms with van der Waals surface area (Å²) in [5.41, 5.74) is 0. The van der Waals surface area contributed by atoms with Crippen LogP contribution in [0.25, 0.3) is 0 Å². The molecule has 1 unspecified atom stereocenters. The molecule has 1 rings (SSSR count). The van der Waals surface area contributed by atoms with Gasteiger partial charge in [0.1, 0.15) is 5.76 Å². The van der Waals surface area contributed by atoms with E-state index in [0.29, 0.717) is 6.04 Å². The maximum Gasteiger partial charge on any atom is 0.103 e. The SMILES string of the molecule is CCCCCNC(C)CCc1ccco1. The fourth-order valence-corrected chi connectivity index (χ4v) is 1.64. The zero-order chi connectivity index (χ0) is 10.9. The van der Waals surface area contributed by atoms with Crippen molar-refractivity contribution in [3.05, 3.63) is 24.2 Å². The lowest BCUT2D eigenvalue weighted by Crippen LogP contribution is -2.27. The molecule has 0 aliphatic rings. The summed E-state index contributed by atoms with van der Waals surface area (Å²) in [5.74, 6) is 1.09. The van der Waals surface area contributed by atoms with Crippen LogP contribution in [0.1, 0.15) is 45.3 Å². The molecule has 1 aromatic rings. The second kappa shape index (κ2) is 7.52. The van der Waals surface area contributed by atoms with Crippen LogP contribution in [-0.2, 0) is 6.42 Å². The molecule has 0 aliphatic carbocycles. The molecular weight excluding hydrogens is 186 g/mol. The van der Waals surface area contributed by atoms with Gasteiger partial charge in [0.2, 0.25) is 0 Å². The Labute approximate surface area is 93.1 Å². The lowest BCUT2D eigenvalue weighted by molar-refractivity contribution is 0.455. The van der Waals surface area contributed by atoms with Crippen LogP contribution in [0, 0.1) is 0 Å². The molecule has 0 saturated carbocycles. The van der Waals surface area contributed by atoms with Crippen LogP contribution in [0.2, 0.25) is 0 Å². The van der Waals surface area contributed by atoms with Gasteiger partial charge in [-0.25, -0.2) is 0 Å². The highest BCUT2D eigenvalue weighted by molar-refractivity contribution is 4.98. The Balaban J connectivity index is 2.01. The third kappa shape index (κ3) is 5.63. The second-order valence-electron chi connectivity index (χ2n) is 4.18. The van der Waals surface area contributed by atoms with Gasteiger partial charge in [-0.3, -0.25) is 0 Å². The highest BCUT2D eigenvalue weighted by Crippen LogP contribution is 2.05. The highest BCUT2D eigenvalue weighted by Gasteiger charge is 2.02. The normalized spacial score (nSPS) is 12.9. The van der Waals surface area contributed by atoms with Gasteiger partial charge in [0.05, 0.1) is 6.26 Å². The molecule has 86 valence electrons. The van der Waals surface area contributed by atoms with Gasteiger partial charge in [0.25, 0.3) is 0 Å². The summed E-state index contributed by atoms with van der Waals surface area (Å²) in [6, 6.07) is 4.59. The summed E-state index contributed by atoms with van der Waals surface area (Å²) in [4.78, 5) is 0. The predicted molar refractivity (Wildman–Crippen MR) is 64.0 cm³/mol. The van der Waals surface area contributed by atoms with E-state index < -0.39 is 0 Å². The molecule has 0 fully saturated rings. The van der Waals surface area contributed by atoms with Crippen LogP contribution in [0.3, 0.4) is 0 Å². The molecule has 0 aliphatic heterocycles. The van der Waals surface area contributed by atoms with Gasteiger partial charge in [-0.2, -0.15) is 0 Å². The number of nitrogens with one attached hydrogen (secondary N) is 1. The van der Waals surface area contributed by atoms with Crippen LogP contribution < -0.4 is 5.32 Å². The van der Waals surface area contributed by atoms with E-state index in [4.69, 9.17) is 4.42 Å². The van der Waals surface area contributed by atoms with Crippen molar-refractivity contribution in [2.24, 2.45) is 0 Å². The maximum absolute atomic E-state index is 5.30. The molecule has 0 radical (unpaired) electrons. The molecule has 0 saturated heterocycles. The van der Waals surface area contributed by atoms with Crippen LogP contribution in [0.4, 0.5) is 0 Å². The topological polar surface area (TPSA) is 25.2 Å². The molecule has 0 aromatic carbocycles. The van der Waals surface area contributed by atoms with E-state index in [9.17, 15) is 0 Å². The van der Waals surface area contributed by atoms with Crippen molar-refractivity contribution in [1.82, 2.24) is 5.32 Å². The van der Waals surface area contributed by atoms with Crippen molar-refractivity contribution in [2.45, 2.75) is 52.0 Å². The van der Waals surface area contributed by atoms with Crippen molar-refractivity contribution in [3.8, 4) is 0 Å². The third-order valence-corrected chi connectivity index (χ3v) is 2.68. The van der Waals surface area contributed by atoms with E-state index in [0.717, 1.165) is 25.1 Å². The Morgan fingerprint density at radius 3 is 2.93 bits per heavy atom. The van der Waals surface area contributed by atoms with Gasteiger partial charge >= 0.3 is 0 Å². The van der Waals surface area contributed by atoms with Gasteiger partial charge in [-0.15, -0.1) is 0 Å². The number of aryl methyl sites for hydroxylation is 1. The summed E-state index contributed by atoms with van der Waals surface area (Å²) >= 11 is 0. The lowest BCUT2D eigenvalue weighted by Gasteiger charge is -2.12. The fourth-order valence-electron chi connectivity index (χ4n) is 1.64. The molecule has 0 spiro atoms. The van der Waals surface area contributed by atoms with Gasteiger partial charge in [0.15, 0.2) is 0 Å². The largest absolute Gasteiger partial charge is 0.469 e. The van der Waals surface area contributed by atoms with E-state index in [-0.39, 0.29) is 0 Å². The first-order valence-corrected chi connectivity index (χ1v) is 6.08. The Hall–Kier alpha value is -0.760. The average molecular weight is 209 g/mol. The average Bonchev–Trinajstić information content (AvgIpc) is 2.74. The quantitative estimate of drug-likeness (QED) is 0.664. The standard InChI is InChI=1S/C13H23NO/c1-3-4-5-10-14-12(2)8-9-13-7-6-11-15-13/h6-7,11-12,14H,3-5,8-10H2,1-2H3. The molecule has 2 heteroatoms. The molecule has 1 aromatic heterocycles. The summed E-state index contributed by atoms with van der Waals surface area (Å²) in [7, 11) is 0. The van der Waals surface area contributed by atoms with E-state index in [1.165, 1.54) is 19.3 Å². The van der Waals surface area contributed by atoms with E-state index in [1.54, 1.807) is 6.26 Å². The van der Waals surface area contributed by atoms with Gasteiger partial charge in [0, 0.05) is 12.5 Å². The minimum Gasteiger partial charge on any atom is -0.469 e. The minimum absolute atomic E-state index is 0.590. The molecule has 1 heterocycles. The number of furan rings is 1. The third-order valence-electron chi connectivity index (χ3n) is 2.68. The van der Waals surface area contributed by atoms with E-state index in [1.807, 2.05) is 12.1 Å². The molecule has 1 atom stereocenters. The second-order valence-corrected chi connectivity index (χ2v) is 4.18. The van der Waals surface area contributed by atoms with Crippen LogP contribution in [-0.4, -0.2) is 12.6 Å². The monoisotopic (exact) mass is 209 g/mol. The lowest BCUT2D eigenvalue weighted by atomic mass is 10.1. The van der Waals surface area contributed by atoms with Crippen molar-refractivity contribution in [1.29, 1.82) is 0 Å². The number of unbranched alkanes of at least 4 members (excludes halogenated alkanes) is 2. The van der Waals surface area contributed by atoms with Crippen molar-refractivity contribution < 1.29 is 4.42 Å². The number of hydrogen-bond donors (Lipinski definition) is 1. The summed E-state index contributed by atoms with van der Waals surface area (Å²) < 4.78 is 5.30. The number of rotatable bonds is 8.